The summed E-state index contributed by atoms with van der Waals surface area (Å²) in [5.74, 6) is -0.105. The van der Waals surface area contributed by atoms with E-state index in [0.717, 1.165) is 0 Å². The number of alkyl halides is 3. The molecule has 2 rings (SSSR count). The minimum atomic E-state index is -4.72. The monoisotopic (exact) mass is 357 g/mol. The van der Waals surface area contributed by atoms with E-state index in [2.05, 4.69) is 14.7 Å². The van der Waals surface area contributed by atoms with Crippen LogP contribution in [-0.2, 0) is 16.2 Å². The molecule has 0 bridgehead atoms. The van der Waals surface area contributed by atoms with E-state index in [1.807, 2.05) is 0 Å². The Balaban J connectivity index is 2.25. The van der Waals surface area contributed by atoms with E-state index in [4.69, 9.17) is 4.74 Å². The van der Waals surface area contributed by atoms with Gasteiger partial charge in [-0.2, -0.15) is 13.2 Å². The van der Waals surface area contributed by atoms with Crippen LogP contribution in [0.15, 0.2) is 53.7 Å². The maximum Gasteiger partial charge on any atom is 0.437 e. The van der Waals surface area contributed by atoms with Gasteiger partial charge in [0.2, 0.25) is 6.79 Å². The van der Waals surface area contributed by atoms with E-state index in [1.54, 1.807) is 6.07 Å². The standard InChI is InChI=1S/C17H15F4NO3/c1-23-11-25-22-16(17(19,20)21)15-5-3-2-4-12(15)10-24-14-8-6-13(18)7-9-14/h2-9H,10-11H2,1H3/b22-16-. The normalized spacial score (nSPS) is 12.1. The molecule has 0 saturated heterocycles. The van der Waals surface area contributed by atoms with Crippen molar-refractivity contribution in [2.45, 2.75) is 12.8 Å². The zero-order valence-corrected chi connectivity index (χ0v) is 13.2. The summed E-state index contributed by atoms with van der Waals surface area (Å²) in [7, 11) is 1.27. The third kappa shape index (κ3) is 5.46. The fourth-order valence-corrected chi connectivity index (χ4v) is 1.97. The first kappa shape index (κ1) is 18.7. The van der Waals surface area contributed by atoms with Gasteiger partial charge in [0.05, 0.1) is 0 Å². The van der Waals surface area contributed by atoms with E-state index < -0.39 is 24.5 Å². The van der Waals surface area contributed by atoms with Gasteiger partial charge in [-0.3, -0.25) is 0 Å². The number of hydrogen-bond acceptors (Lipinski definition) is 4. The Morgan fingerprint density at radius 1 is 1.04 bits per heavy atom. The quantitative estimate of drug-likeness (QED) is 0.244. The van der Waals surface area contributed by atoms with Gasteiger partial charge in [0.15, 0.2) is 5.71 Å². The molecule has 0 amide bonds. The van der Waals surface area contributed by atoms with Crippen molar-refractivity contribution in [3.05, 3.63) is 65.5 Å². The first-order valence-electron chi connectivity index (χ1n) is 7.14. The molecule has 0 atom stereocenters. The van der Waals surface area contributed by atoms with Gasteiger partial charge < -0.3 is 14.3 Å². The van der Waals surface area contributed by atoms with Crippen molar-refractivity contribution in [1.29, 1.82) is 0 Å². The van der Waals surface area contributed by atoms with Crippen molar-refractivity contribution >= 4 is 5.71 Å². The number of nitrogens with zero attached hydrogens (tertiary/aromatic N) is 1. The van der Waals surface area contributed by atoms with Crippen molar-refractivity contribution in [3.63, 3.8) is 0 Å². The Kier molecular flexibility index (Phi) is 6.35. The topological polar surface area (TPSA) is 40.0 Å². The Bertz CT molecular complexity index is 715. The molecule has 8 heteroatoms. The average molecular weight is 357 g/mol. The SMILES string of the molecule is COCO/N=C(/c1ccccc1COc1ccc(F)cc1)C(F)(F)F. The smallest absolute Gasteiger partial charge is 0.437 e. The van der Waals surface area contributed by atoms with Gasteiger partial charge in [-0.1, -0.05) is 29.4 Å². The second kappa shape index (κ2) is 8.48. The number of halogens is 4. The van der Waals surface area contributed by atoms with Gasteiger partial charge in [0.1, 0.15) is 18.2 Å². The molecule has 0 unspecified atom stereocenters. The van der Waals surface area contributed by atoms with E-state index in [1.165, 1.54) is 49.6 Å². The van der Waals surface area contributed by atoms with Gasteiger partial charge in [-0.25, -0.2) is 4.39 Å². The van der Waals surface area contributed by atoms with E-state index in [0.29, 0.717) is 5.75 Å². The summed E-state index contributed by atoms with van der Waals surface area (Å²) in [6.07, 6.45) is -4.72. The minimum absolute atomic E-state index is 0.152. The molecule has 25 heavy (non-hydrogen) atoms. The summed E-state index contributed by atoms with van der Waals surface area (Å²) in [5.41, 5.74) is -1.11. The number of hydrogen-bond donors (Lipinski definition) is 0. The van der Waals surface area contributed by atoms with Gasteiger partial charge >= 0.3 is 6.18 Å². The Labute approximate surface area is 141 Å². The number of oxime groups is 1. The second-order valence-corrected chi connectivity index (χ2v) is 4.87. The third-order valence-corrected chi connectivity index (χ3v) is 3.08. The number of rotatable bonds is 7. The molecular formula is C17H15F4NO3. The molecule has 0 heterocycles. The van der Waals surface area contributed by atoms with Crippen molar-refractivity contribution < 1.29 is 31.9 Å². The van der Waals surface area contributed by atoms with E-state index >= 15 is 0 Å². The number of ether oxygens (including phenoxy) is 2. The Hall–Kier alpha value is -2.61. The van der Waals surface area contributed by atoms with Crippen molar-refractivity contribution in [2.75, 3.05) is 13.9 Å². The summed E-state index contributed by atoms with van der Waals surface area (Å²) >= 11 is 0. The molecule has 0 N–H and O–H groups in total. The van der Waals surface area contributed by atoms with Crippen LogP contribution in [0.5, 0.6) is 5.75 Å². The maximum atomic E-state index is 13.3. The first-order chi connectivity index (χ1) is 11.9. The maximum absolute atomic E-state index is 13.3. The molecule has 0 saturated carbocycles. The average Bonchev–Trinajstić information content (AvgIpc) is 2.58. The predicted molar refractivity (Wildman–Crippen MR) is 82.7 cm³/mol. The van der Waals surface area contributed by atoms with E-state index in [-0.39, 0.29) is 17.7 Å². The molecule has 2 aromatic carbocycles. The largest absolute Gasteiger partial charge is 0.489 e. The van der Waals surface area contributed by atoms with Crippen LogP contribution in [0.25, 0.3) is 0 Å². The molecule has 0 aliphatic carbocycles. The van der Waals surface area contributed by atoms with Crippen LogP contribution < -0.4 is 4.74 Å². The second-order valence-electron chi connectivity index (χ2n) is 4.87. The fraction of sp³-hybridized carbons (Fsp3) is 0.235. The van der Waals surface area contributed by atoms with Gasteiger partial charge in [-0.15, -0.1) is 0 Å². The highest BCUT2D eigenvalue weighted by molar-refractivity contribution is 6.05. The van der Waals surface area contributed by atoms with Crippen LogP contribution in [0.4, 0.5) is 17.6 Å². The lowest BCUT2D eigenvalue weighted by Crippen LogP contribution is -2.26. The molecule has 2 aromatic rings. The van der Waals surface area contributed by atoms with Crippen molar-refractivity contribution in [2.24, 2.45) is 5.16 Å². The summed E-state index contributed by atoms with van der Waals surface area (Å²) in [6, 6.07) is 11.0. The lowest BCUT2D eigenvalue weighted by molar-refractivity contribution is -0.0690. The zero-order valence-electron chi connectivity index (χ0n) is 13.2. The van der Waals surface area contributed by atoms with Crippen LogP contribution in [0.3, 0.4) is 0 Å². The molecule has 0 radical (unpaired) electrons. The van der Waals surface area contributed by atoms with Crippen molar-refractivity contribution in [1.82, 2.24) is 0 Å². The first-order valence-corrected chi connectivity index (χ1v) is 7.14. The fourth-order valence-electron chi connectivity index (χ4n) is 1.97. The molecule has 134 valence electrons. The molecule has 0 aliphatic rings. The Morgan fingerprint density at radius 2 is 1.72 bits per heavy atom. The van der Waals surface area contributed by atoms with Crippen LogP contribution in [0, 0.1) is 5.82 Å². The van der Waals surface area contributed by atoms with Gasteiger partial charge in [-0.05, 0) is 29.8 Å². The molecule has 0 spiro atoms. The zero-order chi connectivity index (χ0) is 18.3. The summed E-state index contributed by atoms with van der Waals surface area (Å²) in [5, 5.41) is 3.14. The third-order valence-electron chi connectivity index (χ3n) is 3.08. The number of benzene rings is 2. The lowest BCUT2D eigenvalue weighted by Gasteiger charge is -2.15. The summed E-state index contributed by atoms with van der Waals surface area (Å²) < 4.78 is 62.7. The lowest BCUT2D eigenvalue weighted by atomic mass is 10.0. The summed E-state index contributed by atoms with van der Waals surface area (Å²) in [6.45, 7) is -0.561. The number of methoxy groups -OCH3 is 1. The molecular weight excluding hydrogens is 342 g/mol. The minimum Gasteiger partial charge on any atom is -0.489 e. The van der Waals surface area contributed by atoms with Gasteiger partial charge in [0, 0.05) is 12.7 Å². The van der Waals surface area contributed by atoms with E-state index in [9.17, 15) is 17.6 Å². The molecule has 0 fully saturated rings. The summed E-state index contributed by atoms with van der Waals surface area (Å²) in [4.78, 5) is 4.52. The highest BCUT2D eigenvalue weighted by Crippen LogP contribution is 2.26. The predicted octanol–water partition coefficient (Wildman–Crippen LogP) is 4.29. The van der Waals surface area contributed by atoms with Crippen LogP contribution in [-0.4, -0.2) is 25.8 Å². The van der Waals surface area contributed by atoms with Gasteiger partial charge in [0.25, 0.3) is 0 Å². The highest BCUT2D eigenvalue weighted by atomic mass is 19.4. The Morgan fingerprint density at radius 3 is 2.36 bits per heavy atom. The molecule has 0 aromatic heterocycles. The van der Waals surface area contributed by atoms with Crippen molar-refractivity contribution in [3.8, 4) is 5.75 Å². The molecule has 0 aliphatic heterocycles. The van der Waals surface area contributed by atoms with Crippen LogP contribution in [0.2, 0.25) is 0 Å². The molecule has 4 nitrogen and oxygen atoms in total. The highest BCUT2D eigenvalue weighted by Gasteiger charge is 2.39. The van der Waals surface area contributed by atoms with Crippen LogP contribution >= 0.6 is 0 Å². The van der Waals surface area contributed by atoms with Crippen LogP contribution in [0.1, 0.15) is 11.1 Å².